The minimum atomic E-state index is 0.154. The van der Waals surface area contributed by atoms with Crippen LogP contribution in [0.5, 0.6) is 5.75 Å². The molecule has 0 atom stereocenters. The predicted octanol–water partition coefficient (Wildman–Crippen LogP) is 2.71. The molecular formula is C14H22N2O2. The second kappa shape index (κ2) is 6.59. The first-order valence-corrected chi connectivity index (χ1v) is 6.69. The van der Waals surface area contributed by atoms with E-state index in [-0.39, 0.29) is 6.10 Å². The summed E-state index contributed by atoms with van der Waals surface area (Å²) in [7, 11) is 0. The summed E-state index contributed by atoms with van der Waals surface area (Å²) in [6, 6.07) is 3.81. The first-order chi connectivity index (χ1) is 8.75. The van der Waals surface area contributed by atoms with Crippen molar-refractivity contribution in [1.82, 2.24) is 4.98 Å². The van der Waals surface area contributed by atoms with Gasteiger partial charge in [0.25, 0.3) is 0 Å². The normalized spacial score (nSPS) is 14.8. The third-order valence-corrected chi connectivity index (χ3v) is 2.72. The third-order valence-electron chi connectivity index (χ3n) is 2.72. The van der Waals surface area contributed by atoms with Gasteiger partial charge in [0.1, 0.15) is 0 Å². The highest BCUT2D eigenvalue weighted by Crippen LogP contribution is 2.28. The van der Waals surface area contributed by atoms with E-state index in [2.05, 4.69) is 10.3 Å². The Hall–Kier alpha value is -1.29. The highest BCUT2D eigenvalue weighted by Gasteiger charge is 2.20. The number of nitrogens with one attached hydrogen (secondary N) is 1. The molecular weight excluding hydrogens is 228 g/mol. The molecule has 100 valence electrons. The maximum atomic E-state index is 5.68. The van der Waals surface area contributed by atoms with Crippen molar-refractivity contribution in [3.63, 3.8) is 0 Å². The van der Waals surface area contributed by atoms with E-state index in [1.54, 1.807) is 6.20 Å². The average Bonchev–Trinajstić information content (AvgIpc) is 3.14. The van der Waals surface area contributed by atoms with Gasteiger partial charge in [-0.3, -0.25) is 0 Å². The van der Waals surface area contributed by atoms with E-state index in [0.717, 1.165) is 30.6 Å². The van der Waals surface area contributed by atoms with Crippen LogP contribution in [0, 0.1) is 5.92 Å². The van der Waals surface area contributed by atoms with Crippen LogP contribution < -0.4 is 10.1 Å². The van der Waals surface area contributed by atoms with E-state index in [1.807, 2.05) is 26.0 Å². The van der Waals surface area contributed by atoms with E-state index >= 15 is 0 Å². The van der Waals surface area contributed by atoms with Crippen molar-refractivity contribution in [3.05, 3.63) is 18.3 Å². The molecule has 0 aromatic carbocycles. The molecule has 1 N–H and O–H groups in total. The Bertz CT molecular complexity index is 365. The Balaban J connectivity index is 1.72. The lowest BCUT2D eigenvalue weighted by Crippen LogP contribution is -2.14. The van der Waals surface area contributed by atoms with Crippen LogP contribution in [0.15, 0.2) is 18.3 Å². The molecule has 1 saturated carbocycles. The number of nitrogens with zero attached hydrogens (tertiary/aromatic N) is 1. The first kappa shape index (κ1) is 13.1. The summed E-state index contributed by atoms with van der Waals surface area (Å²) in [6.45, 7) is 6.40. The molecule has 0 bridgehead atoms. The molecule has 0 saturated heterocycles. The van der Waals surface area contributed by atoms with Gasteiger partial charge in [-0.25, -0.2) is 4.98 Å². The van der Waals surface area contributed by atoms with Crippen molar-refractivity contribution in [2.24, 2.45) is 5.92 Å². The summed E-state index contributed by atoms with van der Waals surface area (Å²) in [5.41, 5.74) is 0. The van der Waals surface area contributed by atoms with Gasteiger partial charge in [-0.1, -0.05) is 0 Å². The van der Waals surface area contributed by atoms with Crippen LogP contribution in [0.2, 0.25) is 0 Å². The van der Waals surface area contributed by atoms with Gasteiger partial charge >= 0.3 is 0 Å². The van der Waals surface area contributed by atoms with Crippen molar-refractivity contribution in [3.8, 4) is 5.75 Å². The number of pyridine rings is 1. The van der Waals surface area contributed by atoms with Gasteiger partial charge in [0, 0.05) is 19.3 Å². The van der Waals surface area contributed by atoms with E-state index in [0.29, 0.717) is 6.61 Å². The summed E-state index contributed by atoms with van der Waals surface area (Å²) >= 11 is 0. The predicted molar refractivity (Wildman–Crippen MR) is 72.0 cm³/mol. The quantitative estimate of drug-likeness (QED) is 0.720. The Kier molecular flexibility index (Phi) is 4.81. The van der Waals surface area contributed by atoms with E-state index < -0.39 is 0 Å². The molecule has 0 spiro atoms. The average molecular weight is 250 g/mol. The van der Waals surface area contributed by atoms with Crippen molar-refractivity contribution in [1.29, 1.82) is 0 Å². The number of rotatable bonds is 8. The van der Waals surface area contributed by atoms with Gasteiger partial charge in [0.05, 0.1) is 12.7 Å². The zero-order chi connectivity index (χ0) is 12.8. The Morgan fingerprint density at radius 2 is 2.28 bits per heavy atom. The van der Waals surface area contributed by atoms with Crippen molar-refractivity contribution in [2.45, 2.75) is 32.8 Å². The second-order valence-electron chi connectivity index (χ2n) is 4.96. The van der Waals surface area contributed by atoms with Crippen LogP contribution in [-0.2, 0) is 4.74 Å². The van der Waals surface area contributed by atoms with E-state index in [1.165, 1.54) is 12.8 Å². The molecule has 0 amide bonds. The smallest absolute Gasteiger partial charge is 0.168 e. The van der Waals surface area contributed by atoms with Crippen LogP contribution in [0.3, 0.4) is 0 Å². The SMILES string of the molecule is CC(C)Oc1cccnc1NCCOCC1CC1. The minimum absolute atomic E-state index is 0.154. The first-order valence-electron chi connectivity index (χ1n) is 6.69. The third kappa shape index (κ3) is 4.53. The summed E-state index contributed by atoms with van der Waals surface area (Å²) in [5.74, 6) is 2.41. The highest BCUT2D eigenvalue weighted by molar-refractivity contribution is 5.49. The summed E-state index contributed by atoms with van der Waals surface area (Å²) in [4.78, 5) is 4.29. The number of aromatic nitrogens is 1. The fraction of sp³-hybridized carbons (Fsp3) is 0.643. The maximum Gasteiger partial charge on any atom is 0.168 e. The molecule has 1 aromatic rings. The molecule has 4 nitrogen and oxygen atoms in total. The van der Waals surface area contributed by atoms with E-state index in [4.69, 9.17) is 9.47 Å². The standard InChI is InChI=1S/C14H22N2O2/c1-11(2)18-13-4-3-7-15-14(13)16-8-9-17-10-12-5-6-12/h3-4,7,11-12H,5-6,8-10H2,1-2H3,(H,15,16). The van der Waals surface area contributed by atoms with E-state index in [9.17, 15) is 0 Å². The number of hydrogen-bond acceptors (Lipinski definition) is 4. The van der Waals surface area contributed by atoms with Gasteiger partial charge in [0.15, 0.2) is 11.6 Å². The fourth-order valence-electron chi connectivity index (χ4n) is 1.65. The lowest BCUT2D eigenvalue weighted by atomic mass is 10.4. The highest BCUT2D eigenvalue weighted by atomic mass is 16.5. The van der Waals surface area contributed by atoms with Gasteiger partial charge in [-0.15, -0.1) is 0 Å². The number of ether oxygens (including phenoxy) is 2. The molecule has 1 aromatic heterocycles. The fourth-order valence-corrected chi connectivity index (χ4v) is 1.65. The monoisotopic (exact) mass is 250 g/mol. The van der Waals surface area contributed by atoms with Crippen molar-refractivity contribution < 1.29 is 9.47 Å². The summed E-state index contributed by atoms with van der Waals surface area (Å²) in [6.07, 6.45) is 4.58. The molecule has 1 fully saturated rings. The van der Waals surface area contributed by atoms with Crippen LogP contribution in [0.1, 0.15) is 26.7 Å². The zero-order valence-electron chi connectivity index (χ0n) is 11.2. The molecule has 0 unspecified atom stereocenters. The molecule has 0 aliphatic heterocycles. The lowest BCUT2D eigenvalue weighted by Gasteiger charge is -2.14. The van der Waals surface area contributed by atoms with Crippen molar-refractivity contribution >= 4 is 5.82 Å². The molecule has 1 aliphatic rings. The van der Waals surface area contributed by atoms with Crippen LogP contribution in [0.4, 0.5) is 5.82 Å². The van der Waals surface area contributed by atoms with Crippen LogP contribution >= 0.6 is 0 Å². The number of hydrogen-bond donors (Lipinski definition) is 1. The molecule has 18 heavy (non-hydrogen) atoms. The molecule has 4 heteroatoms. The van der Waals surface area contributed by atoms with Gasteiger partial charge in [-0.05, 0) is 44.7 Å². The van der Waals surface area contributed by atoms with Gasteiger partial charge < -0.3 is 14.8 Å². The number of anilines is 1. The Labute approximate surface area is 109 Å². The summed E-state index contributed by atoms with van der Waals surface area (Å²) in [5, 5.41) is 3.25. The second-order valence-corrected chi connectivity index (χ2v) is 4.96. The van der Waals surface area contributed by atoms with Crippen molar-refractivity contribution in [2.75, 3.05) is 25.1 Å². The van der Waals surface area contributed by atoms with Crippen LogP contribution in [0.25, 0.3) is 0 Å². The minimum Gasteiger partial charge on any atom is -0.487 e. The Morgan fingerprint density at radius 1 is 1.44 bits per heavy atom. The van der Waals surface area contributed by atoms with Crippen LogP contribution in [-0.4, -0.2) is 30.8 Å². The molecule has 1 aliphatic carbocycles. The zero-order valence-corrected chi connectivity index (χ0v) is 11.2. The lowest BCUT2D eigenvalue weighted by molar-refractivity contribution is 0.133. The van der Waals surface area contributed by atoms with Gasteiger partial charge in [0.2, 0.25) is 0 Å². The maximum absolute atomic E-state index is 5.68. The molecule has 0 radical (unpaired) electrons. The molecule has 2 rings (SSSR count). The Morgan fingerprint density at radius 3 is 3.00 bits per heavy atom. The largest absolute Gasteiger partial charge is 0.487 e. The summed E-state index contributed by atoms with van der Waals surface area (Å²) < 4.78 is 11.3. The molecule has 1 heterocycles. The topological polar surface area (TPSA) is 43.4 Å². The van der Waals surface area contributed by atoms with Gasteiger partial charge in [-0.2, -0.15) is 0 Å².